The van der Waals surface area contributed by atoms with Gasteiger partial charge in [0.2, 0.25) is 5.91 Å². The van der Waals surface area contributed by atoms with Crippen molar-refractivity contribution in [3.8, 4) is 5.75 Å². The van der Waals surface area contributed by atoms with Gasteiger partial charge in [-0.2, -0.15) is 0 Å². The van der Waals surface area contributed by atoms with Crippen LogP contribution in [0.5, 0.6) is 5.75 Å². The molecular formula is C26H33N3O2. The number of rotatable bonds is 11. The van der Waals surface area contributed by atoms with Crippen LogP contribution in [0.15, 0.2) is 54.6 Å². The summed E-state index contributed by atoms with van der Waals surface area (Å²) in [5, 5.41) is 2.91. The summed E-state index contributed by atoms with van der Waals surface area (Å²) in [4.78, 5) is 16.4. The highest BCUT2D eigenvalue weighted by Crippen LogP contribution is 2.21. The lowest BCUT2D eigenvalue weighted by atomic mass is 10.1. The van der Waals surface area contributed by atoms with Crippen LogP contribution in [0.2, 0.25) is 0 Å². The first-order valence-corrected chi connectivity index (χ1v) is 11.1. The van der Waals surface area contributed by atoms with Crippen molar-refractivity contribution in [3.63, 3.8) is 0 Å². The fourth-order valence-electron chi connectivity index (χ4n) is 3.67. The summed E-state index contributed by atoms with van der Waals surface area (Å²) in [6.07, 6.45) is 7.01. The highest BCUT2D eigenvalue weighted by atomic mass is 16.5. The maximum Gasteiger partial charge on any atom is 0.243 e. The van der Waals surface area contributed by atoms with Gasteiger partial charge in [-0.1, -0.05) is 30.3 Å². The summed E-state index contributed by atoms with van der Waals surface area (Å²) in [6.45, 7) is 8.33. The Morgan fingerprint density at radius 1 is 1.10 bits per heavy atom. The smallest absolute Gasteiger partial charge is 0.243 e. The van der Waals surface area contributed by atoms with Crippen molar-refractivity contribution in [2.75, 3.05) is 13.2 Å². The maximum atomic E-state index is 11.6. The van der Waals surface area contributed by atoms with E-state index in [0.29, 0.717) is 13.2 Å². The zero-order valence-electron chi connectivity index (χ0n) is 18.9. The Balaban J connectivity index is 1.54. The maximum absolute atomic E-state index is 11.6. The average molecular weight is 420 g/mol. The van der Waals surface area contributed by atoms with E-state index in [1.807, 2.05) is 25.1 Å². The van der Waals surface area contributed by atoms with Crippen LogP contribution in [0.4, 0.5) is 0 Å². The zero-order chi connectivity index (χ0) is 22.1. The number of carbonyl (C=O) groups excluding carboxylic acids is 1. The summed E-state index contributed by atoms with van der Waals surface area (Å²) in [5.41, 5.74) is 4.67. The van der Waals surface area contributed by atoms with Crippen LogP contribution in [-0.2, 0) is 17.8 Å². The second kappa shape index (κ2) is 11.3. The first kappa shape index (κ1) is 22.6. The van der Waals surface area contributed by atoms with Crippen LogP contribution in [0, 0.1) is 13.8 Å². The summed E-state index contributed by atoms with van der Waals surface area (Å²) in [7, 11) is 0. The van der Waals surface area contributed by atoms with Crippen LogP contribution in [0.3, 0.4) is 0 Å². The molecule has 3 aromatic rings. The summed E-state index contributed by atoms with van der Waals surface area (Å²) < 4.78 is 8.33. The molecule has 0 radical (unpaired) electrons. The molecule has 0 aliphatic carbocycles. The van der Waals surface area contributed by atoms with Crippen LogP contribution in [-0.4, -0.2) is 28.6 Å². The van der Waals surface area contributed by atoms with Gasteiger partial charge in [0.05, 0.1) is 17.6 Å². The van der Waals surface area contributed by atoms with E-state index in [1.54, 1.807) is 12.2 Å². The highest BCUT2D eigenvalue weighted by Gasteiger charge is 2.10. The lowest BCUT2D eigenvalue weighted by Crippen LogP contribution is -2.22. The molecule has 2 aromatic carbocycles. The molecule has 1 amide bonds. The number of allylic oxidation sites excluding steroid dienone is 1. The number of aryl methyl sites for hydroxylation is 3. The van der Waals surface area contributed by atoms with Gasteiger partial charge in [0.25, 0.3) is 0 Å². The predicted molar refractivity (Wildman–Crippen MR) is 127 cm³/mol. The van der Waals surface area contributed by atoms with Crippen molar-refractivity contribution in [1.82, 2.24) is 14.9 Å². The van der Waals surface area contributed by atoms with Crippen LogP contribution in [0.25, 0.3) is 11.0 Å². The number of hydrogen-bond donors (Lipinski definition) is 1. The molecule has 0 saturated carbocycles. The normalized spacial score (nSPS) is 11.3. The molecule has 5 nitrogen and oxygen atoms in total. The van der Waals surface area contributed by atoms with Gasteiger partial charge in [-0.3, -0.25) is 4.79 Å². The van der Waals surface area contributed by atoms with E-state index in [4.69, 9.17) is 9.72 Å². The Labute approximate surface area is 185 Å². The minimum Gasteiger partial charge on any atom is -0.493 e. The van der Waals surface area contributed by atoms with Gasteiger partial charge in [0.15, 0.2) is 0 Å². The molecule has 1 heterocycles. The molecule has 0 saturated heterocycles. The molecule has 5 heteroatoms. The first-order chi connectivity index (χ1) is 15.1. The lowest BCUT2D eigenvalue weighted by molar-refractivity contribution is -0.116. The highest BCUT2D eigenvalue weighted by molar-refractivity contribution is 5.87. The standard InChI is InChI=1S/C26H33N3O2/c1-4-11-26(30)27-17-10-16-25-28-22-13-5-6-14-23(22)29(25)18-7-8-19-31-24-15-9-12-20(2)21(24)3/h4-6,9,11-15H,7-8,10,16-19H2,1-3H3,(H,27,30)/b11-4-. The van der Waals surface area contributed by atoms with Gasteiger partial charge >= 0.3 is 0 Å². The van der Waals surface area contributed by atoms with Crippen molar-refractivity contribution in [2.45, 2.75) is 53.0 Å². The van der Waals surface area contributed by atoms with Crippen molar-refractivity contribution in [1.29, 1.82) is 0 Å². The molecule has 0 fully saturated rings. The molecule has 31 heavy (non-hydrogen) atoms. The molecule has 1 N–H and O–H groups in total. The van der Waals surface area contributed by atoms with E-state index in [0.717, 1.165) is 49.3 Å². The number of unbranched alkanes of at least 4 members (excludes halogenated alkanes) is 1. The Morgan fingerprint density at radius 2 is 1.94 bits per heavy atom. The minimum absolute atomic E-state index is 0.0418. The SMILES string of the molecule is C/C=C\C(=O)NCCCc1nc2ccccc2n1CCCCOc1cccc(C)c1C. The average Bonchev–Trinajstić information content (AvgIpc) is 3.11. The van der Waals surface area contributed by atoms with E-state index < -0.39 is 0 Å². The van der Waals surface area contributed by atoms with Gasteiger partial charge in [0, 0.05) is 19.5 Å². The number of amides is 1. The third kappa shape index (κ3) is 6.20. The van der Waals surface area contributed by atoms with Crippen molar-refractivity contribution < 1.29 is 9.53 Å². The summed E-state index contributed by atoms with van der Waals surface area (Å²) in [5.74, 6) is 2.02. The molecule has 0 spiro atoms. The summed E-state index contributed by atoms with van der Waals surface area (Å²) in [6, 6.07) is 14.5. The molecule has 0 aliphatic heterocycles. The van der Waals surface area contributed by atoms with Gasteiger partial charge in [-0.15, -0.1) is 0 Å². The Morgan fingerprint density at radius 3 is 2.77 bits per heavy atom. The number of ether oxygens (including phenoxy) is 1. The van der Waals surface area contributed by atoms with Gasteiger partial charge in [0.1, 0.15) is 11.6 Å². The van der Waals surface area contributed by atoms with Gasteiger partial charge in [-0.25, -0.2) is 4.98 Å². The number of para-hydroxylation sites is 2. The molecule has 0 aliphatic rings. The van der Waals surface area contributed by atoms with Crippen molar-refractivity contribution in [2.24, 2.45) is 0 Å². The zero-order valence-corrected chi connectivity index (χ0v) is 18.9. The second-order valence-electron chi connectivity index (χ2n) is 7.82. The second-order valence-corrected chi connectivity index (χ2v) is 7.82. The van der Waals surface area contributed by atoms with Crippen molar-refractivity contribution >= 4 is 16.9 Å². The summed E-state index contributed by atoms with van der Waals surface area (Å²) >= 11 is 0. The molecule has 0 bridgehead atoms. The van der Waals surface area contributed by atoms with Crippen LogP contribution >= 0.6 is 0 Å². The lowest BCUT2D eigenvalue weighted by Gasteiger charge is -2.12. The third-order valence-electron chi connectivity index (χ3n) is 5.52. The monoisotopic (exact) mass is 419 g/mol. The Hall–Kier alpha value is -3.08. The Bertz CT molecular complexity index is 1040. The van der Waals surface area contributed by atoms with E-state index in [1.165, 1.54) is 16.6 Å². The number of carbonyl (C=O) groups is 1. The molecule has 0 unspecified atom stereocenters. The number of benzene rings is 2. The van der Waals surface area contributed by atoms with E-state index in [-0.39, 0.29) is 5.91 Å². The Kier molecular flexibility index (Phi) is 8.27. The number of nitrogens with zero attached hydrogens (tertiary/aromatic N) is 2. The number of aromatic nitrogens is 2. The van der Waals surface area contributed by atoms with Crippen LogP contribution in [0.1, 0.15) is 43.1 Å². The number of imidazole rings is 1. The van der Waals surface area contributed by atoms with Gasteiger partial charge in [-0.05, 0) is 75.4 Å². The topological polar surface area (TPSA) is 56.2 Å². The largest absolute Gasteiger partial charge is 0.493 e. The fourth-order valence-corrected chi connectivity index (χ4v) is 3.67. The number of hydrogen-bond acceptors (Lipinski definition) is 3. The van der Waals surface area contributed by atoms with Gasteiger partial charge < -0.3 is 14.6 Å². The quantitative estimate of drug-likeness (QED) is 0.346. The minimum atomic E-state index is -0.0418. The first-order valence-electron chi connectivity index (χ1n) is 11.1. The molecule has 1 aromatic heterocycles. The fraction of sp³-hybridized carbons (Fsp3) is 0.385. The van der Waals surface area contributed by atoms with Crippen molar-refractivity contribution in [3.05, 3.63) is 71.6 Å². The number of nitrogens with one attached hydrogen (secondary N) is 1. The number of fused-ring (bicyclic) bond motifs is 1. The van der Waals surface area contributed by atoms with Crippen LogP contribution < -0.4 is 10.1 Å². The van der Waals surface area contributed by atoms with E-state index in [9.17, 15) is 4.79 Å². The van der Waals surface area contributed by atoms with E-state index in [2.05, 4.69) is 48.0 Å². The third-order valence-corrected chi connectivity index (χ3v) is 5.52. The molecule has 0 atom stereocenters. The van der Waals surface area contributed by atoms with E-state index >= 15 is 0 Å². The molecular weight excluding hydrogens is 386 g/mol. The molecule has 3 rings (SSSR count). The molecule has 164 valence electrons. The predicted octanol–water partition coefficient (Wildman–Crippen LogP) is 5.14.